The highest BCUT2D eigenvalue weighted by Crippen LogP contribution is 2.43. The van der Waals surface area contributed by atoms with Crippen molar-refractivity contribution in [2.45, 2.75) is 56.3 Å². The average molecular weight is 345 g/mol. The Hall–Kier alpha value is -1.57. The van der Waals surface area contributed by atoms with E-state index in [4.69, 9.17) is 0 Å². The molecule has 2 heterocycles. The van der Waals surface area contributed by atoms with Gasteiger partial charge in [0.1, 0.15) is 0 Å². The molecule has 1 saturated carbocycles. The van der Waals surface area contributed by atoms with Crippen molar-refractivity contribution in [1.82, 2.24) is 14.5 Å². The minimum absolute atomic E-state index is 0.0186. The molecule has 0 aromatic carbocycles. The Morgan fingerprint density at radius 1 is 1.33 bits per heavy atom. The van der Waals surface area contributed by atoms with E-state index in [1.165, 1.54) is 19.4 Å². The molecular formula is C16H22F3N3O2. The third kappa shape index (κ3) is 2.81. The minimum atomic E-state index is -4.98. The topological polar surface area (TPSA) is 58.4 Å². The van der Waals surface area contributed by atoms with Crippen molar-refractivity contribution in [3.8, 4) is 0 Å². The normalized spacial score (nSPS) is 24.7. The Labute approximate surface area is 138 Å². The van der Waals surface area contributed by atoms with Crippen LogP contribution in [0.1, 0.15) is 44.3 Å². The van der Waals surface area contributed by atoms with Gasteiger partial charge in [0.05, 0.1) is 6.42 Å². The van der Waals surface area contributed by atoms with Crippen LogP contribution in [0.2, 0.25) is 0 Å². The van der Waals surface area contributed by atoms with Gasteiger partial charge < -0.3 is 14.6 Å². The van der Waals surface area contributed by atoms with E-state index in [0.29, 0.717) is 12.5 Å². The van der Waals surface area contributed by atoms with E-state index in [9.17, 15) is 23.1 Å². The lowest BCUT2D eigenvalue weighted by atomic mass is 9.78. The number of amides is 1. The number of rotatable bonds is 4. The van der Waals surface area contributed by atoms with Crippen molar-refractivity contribution in [3.05, 3.63) is 18.2 Å². The van der Waals surface area contributed by atoms with E-state index in [1.54, 1.807) is 4.90 Å². The minimum Gasteiger partial charge on any atom is -0.374 e. The first-order valence-corrected chi connectivity index (χ1v) is 8.30. The molecule has 5 nitrogen and oxygen atoms in total. The molecule has 1 aromatic rings. The predicted octanol–water partition coefficient (Wildman–Crippen LogP) is 2.35. The summed E-state index contributed by atoms with van der Waals surface area (Å²) in [5, 5.41) is 10.4. The fourth-order valence-electron chi connectivity index (χ4n) is 3.81. The van der Waals surface area contributed by atoms with Crippen LogP contribution in [0.15, 0.2) is 12.4 Å². The van der Waals surface area contributed by atoms with E-state index in [2.05, 4.69) is 4.98 Å². The Morgan fingerprint density at radius 3 is 2.54 bits per heavy atom. The Kier molecular flexibility index (Phi) is 4.36. The number of aliphatic hydroxyl groups is 1. The number of carbonyl (C=O) groups is 1. The highest BCUT2D eigenvalue weighted by molar-refractivity contribution is 5.78. The number of hydrogen-bond donors (Lipinski definition) is 1. The molecule has 1 saturated heterocycles. The second-order valence-electron chi connectivity index (χ2n) is 6.88. The number of hydrogen-bond acceptors (Lipinski definition) is 3. The molecule has 3 rings (SSSR count). The number of aryl methyl sites for hydroxylation is 1. The smallest absolute Gasteiger partial charge is 0.374 e. The molecule has 134 valence electrons. The number of nitrogens with zero attached hydrogens (tertiary/aromatic N) is 3. The van der Waals surface area contributed by atoms with Crippen molar-refractivity contribution in [3.63, 3.8) is 0 Å². The molecule has 8 heteroatoms. The second kappa shape index (κ2) is 6.06. The van der Waals surface area contributed by atoms with Crippen molar-refractivity contribution < 1.29 is 23.1 Å². The maximum absolute atomic E-state index is 13.6. The molecule has 2 atom stereocenters. The lowest BCUT2D eigenvalue weighted by Crippen LogP contribution is -2.50. The zero-order valence-corrected chi connectivity index (χ0v) is 13.6. The Balaban J connectivity index is 1.82. The third-order valence-electron chi connectivity index (χ3n) is 5.38. The first-order valence-electron chi connectivity index (χ1n) is 8.30. The Bertz CT molecular complexity index is 612. The monoisotopic (exact) mass is 345 g/mol. The van der Waals surface area contributed by atoms with E-state index in [-0.39, 0.29) is 6.04 Å². The first kappa shape index (κ1) is 17.3. The van der Waals surface area contributed by atoms with Gasteiger partial charge in [0.2, 0.25) is 11.5 Å². The maximum Gasteiger partial charge on any atom is 0.425 e. The summed E-state index contributed by atoms with van der Waals surface area (Å²) in [6.07, 6.45) is 1.31. The number of carbonyl (C=O) groups excluding carboxylic acids is 1. The largest absolute Gasteiger partial charge is 0.425 e. The van der Waals surface area contributed by atoms with Gasteiger partial charge in [-0.25, -0.2) is 4.98 Å². The molecule has 1 aliphatic carbocycles. The van der Waals surface area contributed by atoms with Gasteiger partial charge in [-0.15, -0.1) is 0 Å². The summed E-state index contributed by atoms with van der Waals surface area (Å²) in [6, 6.07) is 0.0186. The van der Waals surface area contributed by atoms with Crippen LogP contribution in [0.4, 0.5) is 13.2 Å². The molecule has 1 aliphatic heterocycles. The summed E-state index contributed by atoms with van der Waals surface area (Å²) in [5.74, 6) is -0.807. The average Bonchev–Trinajstić information content (AvgIpc) is 3.04. The summed E-state index contributed by atoms with van der Waals surface area (Å²) in [7, 11) is 1.37. The van der Waals surface area contributed by atoms with Gasteiger partial charge >= 0.3 is 6.18 Å². The molecule has 2 fully saturated rings. The van der Waals surface area contributed by atoms with E-state index < -0.39 is 29.9 Å². The number of likely N-dealkylation sites (tertiary alicyclic amines) is 1. The summed E-state index contributed by atoms with van der Waals surface area (Å²) in [6.45, 7) is 0.467. The highest BCUT2D eigenvalue weighted by Gasteiger charge is 2.59. The number of halogens is 3. The molecule has 0 spiro atoms. The van der Waals surface area contributed by atoms with Crippen LogP contribution in [-0.4, -0.2) is 44.2 Å². The van der Waals surface area contributed by atoms with Gasteiger partial charge in [-0.3, -0.25) is 4.79 Å². The van der Waals surface area contributed by atoms with Crippen LogP contribution in [0.3, 0.4) is 0 Å². The van der Waals surface area contributed by atoms with Gasteiger partial charge in [-0.2, -0.15) is 13.2 Å². The zero-order chi connectivity index (χ0) is 17.5. The van der Waals surface area contributed by atoms with E-state index in [1.807, 2.05) is 0 Å². The standard InChI is InChI=1S/C16H22F3N3O2/c1-21-9-7-20-14(21)15(24,16(17,18)19)10-13(23)22-8-3-6-12(22)11-4-2-5-11/h7,9,11-12,24H,2-6,8,10H2,1H3. The highest BCUT2D eigenvalue weighted by atomic mass is 19.4. The van der Waals surface area contributed by atoms with Crippen LogP contribution in [0, 0.1) is 5.92 Å². The van der Waals surface area contributed by atoms with E-state index >= 15 is 0 Å². The third-order valence-corrected chi connectivity index (χ3v) is 5.38. The van der Waals surface area contributed by atoms with Gasteiger partial charge in [0, 0.05) is 32.0 Å². The molecule has 0 bridgehead atoms. The molecule has 1 amide bonds. The number of imidazole rings is 1. The zero-order valence-electron chi connectivity index (χ0n) is 13.6. The van der Waals surface area contributed by atoms with Crippen molar-refractivity contribution in [2.24, 2.45) is 13.0 Å². The van der Waals surface area contributed by atoms with E-state index in [0.717, 1.165) is 36.7 Å². The predicted molar refractivity (Wildman–Crippen MR) is 79.9 cm³/mol. The summed E-state index contributed by atoms with van der Waals surface area (Å²) >= 11 is 0. The first-order chi connectivity index (χ1) is 11.2. The molecule has 0 radical (unpaired) electrons. The fraction of sp³-hybridized carbons (Fsp3) is 0.750. The van der Waals surface area contributed by atoms with Crippen LogP contribution in [0.5, 0.6) is 0 Å². The van der Waals surface area contributed by atoms with Gasteiger partial charge in [-0.05, 0) is 31.6 Å². The number of aromatic nitrogens is 2. The maximum atomic E-state index is 13.6. The van der Waals surface area contributed by atoms with Crippen molar-refractivity contribution in [2.75, 3.05) is 6.54 Å². The van der Waals surface area contributed by atoms with Crippen molar-refractivity contribution in [1.29, 1.82) is 0 Å². The molecule has 24 heavy (non-hydrogen) atoms. The van der Waals surface area contributed by atoms with Crippen LogP contribution in [0.25, 0.3) is 0 Å². The molecule has 1 aromatic heterocycles. The lowest BCUT2D eigenvalue weighted by Gasteiger charge is -2.38. The molecule has 2 aliphatic rings. The van der Waals surface area contributed by atoms with Gasteiger partial charge in [-0.1, -0.05) is 6.42 Å². The summed E-state index contributed by atoms with van der Waals surface area (Å²) in [4.78, 5) is 17.8. The summed E-state index contributed by atoms with van der Waals surface area (Å²) < 4.78 is 41.8. The summed E-state index contributed by atoms with van der Waals surface area (Å²) in [5.41, 5.74) is -3.27. The molecular weight excluding hydrogens is 323 g/mol. The molecule has 2 unspecified atom stereocenters. The SMILES string of the molecule is Cn1ccnc1C(O)(CC(=O)N1CCCC1C1CCC1)C(F)(F)F. The quantitative estimate of drug-likeness (QED) is 0.911. The van der Waals surface area contributed by atoms with Crippen LogP contribution < -0.4 is 0 Å². The van der Waals surface area contributed by atoms with Gasteiger partial charge in [0.25, 0.3) is 0 Å². The molecule has 1 N–H and O–H groups in total. The second-order valence-corrected chi connectivity index (χ2v) is 6.88. The van der Waals surface area contributed by atoms with Crippen molar-refractivity contribution >= 4 is 5.91 Å². The van der Waals surface area contributed by atoms with Crippen LogP contribution >= 0.6 is 0 Å². The van der Waals surface area contributed by atoms with Gasteiger partial charge in [0.15, 0.2) is 5.82 Å². The Morgan fingerprint density at radius 2 is 2.04 bits per heavy atom. The fourth-order valence-corrected chi connectivity index (χ4v) is 3.81. The van der Waals surface area contributed by atoms with Crippen LogP contribution in [-0.2, 0) is 17.4 Å². The lowest BCUT2D eigenvalue weighted by molar-refractivity contribution is -0.272. The number of alkyl halides is 3.